The number of rotatable bonds is 5. The van der Waals surface area contributed by atoms with Crippen molar-refractivity contribution >= 4 is 10.8 Å². The number of hydrogen-bond acceptors (Lipinski definition) is 6. The molecule has 0 aliphatic carbocycles. The highest BCUT2D eigenvalue weighted by Gasteiger charge is 2.43. The van der Waals surface area contributed by atoms with E-state index in [-0.39, 0.29) is 6.61 Å². The second kappa shape index (κ2) is 7.57. The van der Waals surface area contributed by atoms with Gasteiger partial charge in [-0.2, -0.15) is 0 Å². The van der Waals surface area contributed by atoms with Gasteiger partial charge in [0.15, 0.2) is 6.29 Å². The molecule has 1 fully saturated rings. The van der Waals surface area contributed by atoms with Crippen molar-refractivity contribution in [1.82, 2.24) is 0 Å². The van der Waals surface area contributed by atoms with Crippen LogP contribution >= 0.6 is 0 Å². The first-order valence-electron chi connectivity index (χ1n) is 8.00. The number of aliphatic hydroxyl groups is 4. The maximum Gasteiger partial charge on any atom is 0.186 e. The molecule has 0 aromatic heterocycles. The summed E-state index contributed by atoms with van der Waals surface area (Å²) in [6.07, 6.45) is -5.59. The molecule has 0 bridgehead atoms. The predicted molar refractivity (Wildman–Crippen MR) is 87.4 cm³/mol. The summed E-state index contributed by atoms with van der Waals surface area (Å²) >= 11 is 0. The van der Waals surface area contributed by atoms with Crippen LogP contribution in [0.3, 0.4) is 0 Å². The van der Waals surface area contributed by atoms with Gasteiger partial charge < -0.3 is 29.9 Å². The van der Waals surface area contributed by atoms with Crippen molar-refractivity contribution in [2.45, 2.75) is 37.1 Å². The summed E-state index contributed by atoms with van der Waals surface area (Å²) < 4.78 is 10.9. The molecular weight excluding hydrogens is 312 g/mol. The normalized spacial score (nSPS) is 30.6. The molecule has 0 amide bonds. The fourth-order valence-corrected chi connectivity index (χ4v) is 3.00. The summed E-state index contributed by atoms with van der Waals surface area (Å²) in [5, 5.41) is 40.9. The van der Waals surface area contributed by atoms with Gasteiger partial charge in [-0.1, -0.05) is 42.5 Å². The van der Waals surface area contributed by atoms with Gasteiger partial charge in [0, 0.05) is 0 Å². The smallest absolute Gasteiger partial charge is 0.186 e. The number of hydrogen-bond donors (Lipinski definition) is 4. The minimum Gasteiger partial charge on any atom is -0.394 e. The highest BCUT2D eigenvalue weighted by Crippen LogP contribution is 2.23. The molecule has 2 aromatic rings. The Hall–Kier alpha value is -1.54. The molecule has 6 heteroatoms. The first-order chi connectivity index (χ1) is 11.6. The van der Waals surface area contributed by atoms with Crippen LogP contribution in [0.5, 0.6) is 0 Å². The molecule has 0 spiro atoms. The van der Waals surface area contributed by atoms with Crippen molar-refractivity contribution in [3.63, 3.8) is 0 Å². The van der Waals surface area contributed by atoms with E-state index in [9.17, 15) is 20.4 Å². The minimum atomic E-state index is -1.42. The zero-order valence-electron chi connectivity index (χ0n) is 13.2. The molecule has 1 aliphatic heterocycles. The van der Waals surface area contributed by atoms with E-state index in [4.69, 9.17) is 9.47 Å². The third-order valence-corrected chi connectivity index (χ3v) is 4.38. The van der Waals surface area contributed by atoms with E-state index in [0.29, 0.717) is 6.42 Å². The van der Waals surface area contributed by atoms with Crippen molar-refractivity contribution in [2.24, 2.45) is 0 Å². The van der Waals surface area contributed by atoms with Crippen molar-refractivity contribution in [3.05, 3.63) is 48.0 Å². The maximum absolute atomic E-state index is 9.95. The number of ether oxygens (including phenoxy) is 2. The molecule has 24 heavy (non-hydrogen) atoms. The Labute approximate surface area is 139 Å². The molecule has 0 unspecified atom stereocenters. The molecular formula is C18H22O6. The van der Waals surface area contributed by atoms with E-state index in [1.807, 2.05) is 42.5 Å². The first-order valence-corrected chi connectivity index (χ1v) is 8.00. The fourth-order valence-electron chi connectivity index (χ4n) is 3.00. The molecule has 1 aliphatic rings. The van der Waals surface area contributed by atoms with E-state index in [1.54, 1.807) is 0 Å². The van der Waals surface area contributed by atoms with Crippen LogP contribution in [0.2, 0.25) is 0 Å². The standard InChI is InChI=1S/C18H22O6/c19-10-14-15(20)16(21)17(22)18(24-14)23-9-8-12-6-3-5-11-4-1-2-7-13(11)12/h1-7,14-22H,8-10H2/t14-,15-,16+,17-,18-/m1/s1. The molecule has 0 radical (unpaired) electrons. The quantitative estimate of drug-likeness (QED) is 0.623. The van der Waals surface area contributed by atoms with Crippen LogP contribution in [0, 0.1) is 0 Å². The third-order valence-electron chi connectivity index (χ3n) is 4.38. The van der Waals surface area contributed by atoms with Crippen LogP contribution in [0.1, 0.15) is 5.56 Å². The Morgan fingerprint density at radius 1 is 0.917 bits per heavy atom. The predicted octanol–water partition coefficient (Wildman–Crippen LogP) is 0.199. The lowest BCUT2D eigenvalue weighted by Gasteiger charge is -2.39. The summed E-state index contributed by atoms with van der Waals surface area (Å²) in [6, 6.07) is 14.1. The Kier molecular flexibility index (Phi) is 5.45. The monoisotopic (exact) mass is 334 g/mol. The average molecular weight is 334 g/mol. The van der Waals surface area contributed by atoms with Gasteiger partial charge in [0.1, 0.15) is 24.4 Å². The zero-order chi connectivity index (χ0) is 17.1. The highest BCUT2D eigenvalue weighted by atomic mass is 16.7. The lowest BCUT2D eigenvalue weighted by Crippen LogP contribution is -2.59. The molecule has 3 rings (SSSR count). The van der Waals surface area contributed by atoms with E-state index in [0.717, 1.165) is 16.3 Å². The minimum absolute atomic E-state index is 0.275. The second-order valence-electron chi connectivity index (χ2n) is 5.96. The molecule has 130 valence electrons. The van der Waals surface area contributed by atoms with Gasteiger partial charge in [-0.05, 0) is 22.8 Å². The molecule has 1 saturated heterocycles. The van der Waals surface area contributed by atoms with Gasteiger partial charge in [-0.15, -0.1) is 0 Å². The Balaban J connectivity index is 1.63. The zero-order valence-corrected chi connectivity index (χ0v) is 13.2. The van der Waals surface area contributed by atoms with Crippen LogP contribution in [0.15, 0.2) is 42.5 Å². The van der Waals surface area contributed by atoms with Crippen LogP contribution in [-0.2, 0) is 15.9 Å². The van der Waals surface area contributed by atoms with Gasteiger partial charge in [0.2, 0.25) is 0 Å². The van der Waals surface area contributed by atoms with Crippen molar-refractivity contribution in [1.29, 1.82) is 0 Å². The highest BCUT2D eigenvalue weighted by molar-refractivity contribution is 5.85. The number of benzene rings is 2. The largest absolute Gasteiger partial charge is 0.394 e. The molecule has 4 N–H and O–H groups in total. The number of aliphatic hydroxyl groups excluding tert-OH is 4. The summed E-state index contributed by atoms with van der Waals surface area (Å²) in [5.41, 5.74) is 1.11. The molecule has 5 atom stereocenters. The van der Waals surface area contributed by atoms with E-state index >= 15 is 0 Å². The topological polar surface area (TPSA) is 99.4 Å². The Morgan fingerprint density at radius 3 is 2.46 bits per heavy atom. The van der Waals surface area contributed by atoms with Crippen LogP contribution in [-0.4, -0.2) is 64.3 Å². The summed E-state index contributed by atoms with van der Waals surface area (Å²) in [6.45, 7) is -0.190. The molecule has 2 aromatic carbocycles. The van der Waals surface area contributed by atoms with Gasteiger partial charge in [0.05, 0.1) is 13.2 Å². The van der Waals surface area contributed by atoms with Crippen molar-refractivity contribution in [3.8, 4) is 0 Å². The summed E-state index contributed by atoms with van der Waals surface area (Å²) in [5.74, 6) is 0. The SMILES string of the molecule is OC[C@H]1O[C@@H](OCCc2cccc3ccccc23)[C@H](O)[C@@H](O)[C@@H]1O. The summed E-state index contributed by atoms with van der Waals surface area (Å²) in [7, 11) is 0. The van der Waals surface area contributed by atoms with Crippen molar-refractivity contribution < 1.29 is 29.9 Å². The Bertz CT molecular complexity index is 668. The lowest BCUT2D eigenvalue weighted by atomic mass is 9.99. The first kappa shape index (κ1) is 17.3. The van der Waals surface area contributed by atoms with E-state index in [2.05, 4.69) is 0 Å². The molecule has 6 nitrogen and oxygen atoms in total. The third kappa shape index (κ3) is 3.44. The maximum atomic E-state index is 9.95. The van der Waals surface area contributed by atoms with Crippen LogP contribution in [0.25, 0.3) is 10.8 Å². The Morgan fingerprint density at radius 2 is 1.67 bits per heavy atom. The van der Waals surface area contributed by atoms with Gasteiger partial charge in [0.25, 0.3) is 0 Å². The van der Waals surface area contributed by atoms with E-state index < -0.39 is 37.3 Å². The van der Waals surface area contributed by atoms with E-state index in [1.165, 1.54) is 0 Å². The van der Waals surface area contributed by atoms with Crippen LogP contribution in [0.4, 0.5) is 0 Å². The number of fused-ring (bicyclic) bond motifs is 1. The van der Waals surface area contributed by atoms with Crippen molar-refractivity contribution in [2.75, 3.05) is 13.2 Å². The van der Waals surface area contributed by atoms with Gasteiger partial charge in [-0.25, -0.2) is 0 Å². The van der Waals surface area contributed by atoms with Crippen LogP contribution < -0.4 is 0 Å². The molecule has 0 saturated carbocycles. The average Bonchev–Trinajstić information content (AvgIpc) is 2.62. The lowest BCUT2D eigenvalue weighted by molar-refractivity contribution is -0.300. The van der Waals surface area contributed by atoms with Gasteiger partial charge in [-0.3, -0.25) is 0 Å². The van der Waals surface area contributed by atoms with Gasteiger partial charge >= 0.3 is 0 Å². The second-order valence-corrected chi connectivity index (χ2v) is 5.96. The summed E-state index contributed by atoms with van der Waals surface area (Å²) in [4.78, 5) is 0. The molecule has 1 heterocycles. The fraction of sp³-hybridized carbons (Fsp3) is 0.444.